The van der Waals surface area contributed by atoms with Crippen molar-refractivity contribution in [2.75, 3.05) is 5.32 Å². The molecule has 0 saturated carbocycles. The van der Waals surface area contributed by atoms with Crippen LogP contribution in [0.3, 0.4) is 0 Å². The van der Waals surface area contributed by atoms with Gasteiger partial charge in [0.15, 0.2) is 0 Å². The zero-order valence-corrected chi connectivity index (χ0v) is 19.9. The predicted molar refractivity (Wildman–Crippen MR) is 144 cm³/mol. The highest BCUT2D eigenvalue weighted by atomic mass is 16.2. The lowest BCUT2D eigenvalue weighted by Gasteiger charge is -2.14. The van der Waals surface area contributed by atoms with Gasteiger partial charge in [-0.2, -0.15) is 0 Å². The second kappa shape index (κ2) is 10.2. The summed E-state index contributed by atoms with van der Waals surface area (Å²) < 4.78 is 0. The summed E-state index contributed by atoms with van der Waals surface area (Å²) in [6.07, 6.45) is 0. The van der Waals surface area contributed by atoms with E-state index in [4.69, 9.17) is 4.98 Å². The molecule has 0 fully saturated rings. The van der Waals surface area contributed by atoms with Crippen molar-refractivity contribution in [3.63, 3.8) is 0 Å². The number of fused-ring (bicyclic) bond motifs is 1. The first-order valence-electron chi connectivity index (χ1n) is 11.8. The van der Waals surface area contributed by atoms with Crippen molar-refractivity contribution in [1.29, 1.82) is 0 Å². The Balaban J connectivity index is 1.43. The second-order valence-electron chi connectivity index (χ2n) is 8.61. The highest BCUT2D eigenvalue weighted by Crippen LogP contribution is 2.26. The van der Waals surface area contributed by atoms with Crippen LogP contribution in [-0.4, -0.2) is 16.8 Å². The number of hydrogen-bond donors (Lipinski definition) is 2. The number of pyridine rings is 1. The van der Waals surface area contributed by atoms with Crippen LogP contribution in [0.1, 0.15) is 31.8 Å². The van der Waals surface area contributed by atoms with Crippen LogP contribution in [-0.2, 0) is 6.54 Å². The molecule has 0 spiro atoms. The zero-order chi connectivity index (χ0) is 24.9. The lowest BCUT2D eigenvalue weighted by atomic mass is 10.0. The van der Waals surface area contributed by atoms with Crippen LogP contribution in [0.25, 0.3) is 22.2 Å². The molecule has 176 valence electrons. The summed E-state index contributed by atoms with van der Waals surface area (Å²) >= 11 is 0. The number of carbonyl (C=O) groups is 2. The number of aromatic nitrogens is 1. The molecule has 0 bridgehead atoms. The van der Waals surface area contributed by atoms with Gasteiger partial charge in [-0.1, -0.05) is 90.5 Å². The molecule has 0 aliphatic carbocycles. The van der Waals surface area contributed by atoms with E-state index in [2.05, 4.69) is 10.6 Å². The van der Waals surface area contributed by atoms with Crippen molar-refractivity contribution in [3.8, 4) is 11.3 Å². The maximum absolute atomic E-state index is 13.5. The molecule has 5 heteroatoms. The monoisotopic (exact) mass is 471 g/mol. The van der Waals surface area contributed by atoms with E-state index in [0.29, 0.717) is 29.1 Å². The Hall–Kier alpha value is -4.77. The molecule has 2 amide bonds. The van der Waals surface area contributed by atoms with Crippen molar-refractivity contribution in [2.45, 2.75) is 13.5 Å². The number of nitrogens with one attached hydrogen (secondary N) is 2. The largest absolute Gasteiger partial charge is 0.348 e. The number of aryl methyl sites for hydroxylation is 1. The van der Waals surface area contributed by atoms with Crippen molar-refractivity contribution >= 4 is 28.4 Å². The van der Waals surface area contributed by atoms with Gasteiger partial charge in [0.1, 0.15) is 0 Å². The number of rotatable bonds is 6. The normalized spacial score (nSPS) is 10.7. The average molecular weight is 472 g/mol. The molecule has 5 rings (SSSR count). The van der Waals surface area contributed by atoms with Crippen LogP contribution >= 0.6 is 0 Å². The number of carbonyl (C=O) groups excluding carboxylic acids is 2. The fraction of sp³-hybridized carbons (Fsp3) is 0.0645. The fourth-order valence-corrected chi connectivity index (χ4v) is 4.08. The van der Waals surface area contributed by atoms with E-state index >= 15 is 0 Å². The van der Waals surface area contributed by atoms with Gasteiger partial charge in [0.2, 0.25) is 0 Å². The summed E-state index contributed by atoms with van der Waals surface area (Å²) in [4.78, 5) is 31.3. The van der Waals surface area contributed by atoms with Gasteiger partial charge < -0.3 is 10.6 Å². The smallest absolute Gasteiger partial charge is 0.256 e. The van der Waals surface area contributed by atoms with Crippen molar-refractivity contribution < 1.29 is 9.59 Å². The molecular formula is C31H25N3O2. The van der Waals surface area contributed by atoms with E-state index < -0.39 is 0 Å². The minimum absolute atomic E-state index is 0.254. The summed E-state index contributed by atoms with van der Waals surface area (Å²) in [5.41, 5.74) is 5.88. The van der Waals surface area contributed by atoms with E-state index in [1.165, 1.54) is 0 Å². The molecule has 0 unspecified atom stereocenters. The predicted octanol–water partition coefficient (Wildman–Crippen LogP) is 6.39. The van der Waals surface area contributed by atoms with Crippen LogP contribution in [0.4, 0.5) is 5.69 Å². The Morgan fingerprint density at radius 2 is 1.42 bits per heavy atom. The van der Waals surface area contributed by atoms with E-state index in [9.17, 15) is 9.59 Å². The summed E-state index contributed by atoms with van der Waals surface area (Å²) in [6, 6.07) is 34.1. The molecule has 0 atom stereocenters. The van der Waals surface area contributed by atoms with E-state index in [0.717, 1.165) is 27.6 Å². The molecule has 0 saturated heterocycles. The average Bonchev–Trinajstić information content (AvgIpc) is 2.92. The van der Waals surface area contributed by atoms with Crippen molar-refractivity contribution in [3.05, 3.63) is 131 Å². The van der Waals surface area contributed by atoms with Gasteiger partial charge in [-0.3, -0.25) is 9.59 Å². The Kier molecular flexibility index (Phi) is 6.54. The summed E-state index contributed by atoms with van der Waals surface area (Å²) in [7, 11) is 0. The van der Waals surface area contributed by atoms with Gasteiger partial charge in [0, 0.05) is 17.5 Å². The number of nitrogens with zero attached hydrogens (tertiary/aromatic N) is 1. The maximum Gasteiger partial charge on any atom is 0.256 e. The van der Waals surface area contributed by atoms with E-state index in [1.54, 1.807) is 30.3 Å². The summed E-state index contributed by atoms with van der Waals surface area (Å²) in [6.45, 7) is 2.42. The third kappa shape index (κ3) is 5.00. The van der Waals surface area contributed by atoms with Crippen LogP contribution < -0.4 is 10.6 Å². The first kappa shape index (κ1) is 23.0. The third-order valence-electron chi connectivity index (χ3n) is 6.02. The Labute approximate surface area is 209 Å². The SMILES string of the molecule is Cc1ccc(CNC(=O)c2ccccc2NC(=O)c2cc(-c3ccccc3)nc3ccccc23)cc1. The topological polar surface area (TPSA) is 71.1 Å². The van der Waals surface area contributed by atoms with Crippen molar-refractivity contribution in [1.82, 2.24) is 10.3 Å². The number of amides is 2. The standard InChI is InChI=1S/C31H25N3O2/c1-21-15-17-22(18-16-21)20-32-30(35)25-12-6-8-14-28(25)34-31(36)26-19-29(23-9-3-2-4-10-23)33-27-13-7-5-11-24(26)27/h2-19H,20H2,1H3,(H,32,35)(H,34,36). The first-order chi connectivity index (χ1) is 17.6. The molecule has 1 aromatic heterocycles. The summed E-state index contributed by atoms with van der Waals surface area (Å²) in [5.74, 6) is -0.555. The molecule has 5 nitrogen and oxygen atoms in total. The molecule has 4 aromatic carbocycles. The quantitative estimate of drug-likeness (QED) is 0.301. The van der Waals surface area contributed by atoms with Crippen molar-refractivity contribution in [2.24, 2.45) is 0 Å². The van der Waals surface area contributed by atoms with Crippen LogP contribution in [0.15, 0.2) is 109 Å². The second-order valence-corrected chi connectivity index (χ2v) is 8.61. The van der Waals surface area contributed by atoms with Gasteiger partial charge in [-0.25, -0.2) is 4.98 Å². The molecular weight excluding hydrogens is 446 g/mol. The Morgan fingerprint density at radius 1 is 0.722 bits per heavy atom. The number of para-hydroxylation sites is 2. The van der Waals surface area contributed by atoms with E-state index in [1.807, 2.05) is 85.8 Å². The highest BCUT2D eigenvalue weighted by molar-refractivity contribution is 6.15. The summed E-state index contributed by atoms with van der Waals surface area (Å²) in [5, 5.41) is 6.65. The zero-order valence-electron chi connectivity index (χ0n) is 19.9. The lowest BCUT2D eigenvalue weighted by molar-refractivity contribution is 0.0952. The molecule has 5 aromatic rings. The number of benzene rings is 4. The molecule has 0 aliphatic rings. The van der Waals surface area contributed by atoms with Gasteiger partial charge in [-0.15, -0.1) is 0 Å². The van der Waals surface area contributed by atoms with Crippen LogP contribution in [0.5, 0.6) is 0 Å². The molecule has 0 aliphatic heterocycles. The van der Waals surface area contributed by atoms with E-state index in [-0.39, 0.29) is 11.8 Å². The minimum atomic E-state index is -0.301. The molecule has 36 heavy (non-hydrogen) atoms. The third-order valence-corrected chi connectivity index (χ3v) is 6.02. The van der Waals surface area contributed by atoms with Gasteiger partial charge in [0.25, 0.3) is 11.8 Å². The molecule has 1 heterocycles. The first-order valence-corrected chi connectivity index (χ1v) is 11.8. The van der Waals surface area contributed by atoms with Crippen LogP contribution in [0.2, 0.25) is 0 Å². The van der Waals surface area contributed by atoms with Gasteiger partial charge in [0.05, 0.1) is 28.0 Å². The highest BCUT2D eigenvalue weighted by Gasteiger charge is 2.17. The van der Waals surface area contributed by atoms with Gasteiger partial charge in [-0.05, 0) is 36.8 Å². The molecule has 0 radical (unpaired) electrons. The van der Waals surface area contributed by atoms with Gasteiger partial charge >= 0.3 is 0 Å². The number of anilines is 1. The molecule has 2 N–H and O–H groups in total. The maximum atomic E-state index is 13.5. The minimum Gasteiger partial charge on any atom is -0.348 e. The fourth-order valence-electron chi connectivity index (χ4n) is 4.08. The van der Waals surface area contributed by atoms with Crippen LogP contribution in [0, 0.1) is 6.92 Å². The Morgan fingerprint density at radius 3 is 2.22 bits per heavy atom. The lowest BCUT2D eigenvalue weighted by Crippen LogP contribution is -2.25. The number of hydrogen-bond acceptors (Lipinski definition) is 3. The Bertz CT molecular complexity index is 1540.